The fourth-order valence-electron chi connectivity index (χ4n) is 1.56. The van der Waals surface area contributed by atoms with Crippen LogP contribution >= 0.6 is 0 Å². The number of para-hydroxylation sites is 2. The van der Waals surface area contributed by atoms with Crippen LogP contribution in [0.25, 0.3) is 0 Å². The minimum Gasteiger partial charge on any atom is -0.397 e. The van der Waals surface area contributed by atoms with E-state index in [2.05, 4.69) is 31.7 Å². The van der Waals surface area contributed by atoms with Crippen molar-refractivity contribution < 1.29 is 0 Å². The summed E-state index contributed by atoms with van der Waals surface area (Å²) in [5.74, 6) is 0. The summed E-state index contributed by atoms with van der Waals surface area (Å²) in [5, 5.41) is 0. The number of anilines is 2. The molecule has 1 aromatic rings. The van der Waals surface area contributed by atoms with Crippen LogP contribution in [0.4, 0.5) is 11.4 Å². The predicted molar refractivity (Wildman–Crippen MR) is 59.0 cm³/mol. The first-order valence-corrected chi connectivity index (χ1v) is 4.78. The number of hydrogen-bond acceptors (Lipinski definition) is 2. The summed E-state index contributed by atoms with van der Waals surface area (Å²) in [5.41, 5.74) is 7.89. The van der Waals surface area contributed by atoms with E-state index in [1.165, 1.54) is 0 Å². The zero-order valence-corrected chi connectivity index (χ0v) is 8.62. The average molecular weight is 178 g/mol. The minimum atomic E-state index is 0.495. The van der Waals surface area contributed by atoms with E-state index in [1.54, 1.807) is 0 Å². The second-order valence-electron chi connectivity index (χ2n) is 3.44. The van der Waals surface area contributed by atoms with Crippen molar-refractivity contribution in [3.63, 3.8) is 0 Å². The smallest absolute Gasteiger partial charge is 0.0602 e. The Morgan fingerprint density at radius 1 is 1.31 bits per heavy atom. The standard InChI is InChI=1S/C11H18N2/c1-4-13(9(2)3)11-8-6-5-7-10(11)12/h5-9H,4,12H2,1-3H3. The zero-order chi connectivity index (χ0) is 9.84. The van der Waals surface area contributed by atoms with E-state index in [-0.39, 0.29) is 0 Å². The molecule has 0 saturated carbocycles. The largest absolute Gasteiger partial charge is 0.397 e. The first-order chi connectivity index (χ1) is 6.16. The molecule has 0 aliphatic carbocycles. The van der Waals surface area contributed by atoms with Crippen molar-refractivity contribution >= 4 is 11.4 Å². The summed E-state index contributed by atoms with van der Waals surface area (Å²) >= 11 is 0. The molecule has 0 spiro atoms. The molecule has 0 aliphatic rings. The van der Waals surface area contributed by atoms with Crippen LogP contribution in [0.15, 0.2) is 24.3 Å². The molecule has 0 atom stereocenters. The van der Waals surface area contributed by atoms with Gasteiger partial charge < -0.3 is 10.6 Å². The minimum absolute atomic E-state index is 0.495. The van der Waals surface area contributed by atoms with E-state index in [4.69, 9.17) is 5.73 Å². The molecule has 0 unspecified atom stereocenters. The first-order valence-electron chi connectivity index (χ1n) is 4.78. The molecule has 1 aromatic carbocycles. The Kier molecular flexibility index (Phi) is 3.18. The third kappa shape index (κ3) is 2.14. The molecule has 72 valence electrons. The Morgan fingerprint density at radius 3 is 2.38 bits per heavy atom. The molecule has 0 aromatic heterocycles. The summed E-state index contributed by atoms with van der Waals surface area (Å²) in [4.78, 5) is 2.29. The van der Waals surface area contributed by atoms with Crippen molar-refractivity contribution in [2.24, 2.45) is 0 Å². The lowest BCUT2D eigenvalue weighted by Crippen LogP contribution is -2.30. The van der Waals surface area contributed by atoms with E-state index < -0.39 is 0 Å². The lowest BCUT2D eigenvalue weighted by molar-refractivity contribution is 0.705. The van der Waals surface area contributed by atoms with Crippen molar-refractivity contribution in [2.45, 2.75) is 26.8 Å². The van der Waals surface area contributed by atoms with E-state index in [1.807, 2.05) is 18.2 Å². The number of benzene rings is 1. The Labute approximate surface area is 80.4 Å². The van der Waals surface area contributed by atoms with E-state index >= 15 is 0 Å². The van der Waals surface area contributed by atoms with E-state index in [0.717, 1.165) is 17.9 Å². The summed E-state index contributed by atoms with van der Waals surface area (Å²) in [6, 6.07) is 8.50. The molecule has 0 radical (unpaired) electrons. The maximum atomic E-state index is 5.89. The molecule has 0 saturated heterocycles. The fourth-order valence-corrected chi connectivity index (χ4v) is 1.56. The summed E-state index contributed by atoms with van der Waals surface area (Å²) in [6.07, 6.45) is 0. The highest BCUT2D eigenvalue weighted by molar-refractivity contribution is 5.67. The Hall–Kier alpha value is -1.18. The molecule has 1 rings (SSSR count). The number of nitrogens with two attached hydrogens (primary N) is 1. The van der Waals surface area contributed by atoms with Gasteiger partial charge in [0.1, 0.15) is 0 Å². The van der Waals surface area contributed by atoms with Crippen LogP contribution in [-0.4, -0.2) is 12.6 Å². The molecule has 0 heterocycles. The summed E-state index contributed by atoms with van der Waals surface area (Å²) in [6.45, 7) is 7.49. The quantitative estimate of drug-likeness (QED) is 0.720. The topological polar surface area (TPSA) is 29.3 Å². The molecule has 0 aliphatic heterocycles. The normalized spacial score (nSPS) is 10.5. The Bertz CT molecular complexity index is 269. The van der Waals surface area contributed by atoms with Crippen LogP contribution in [0.5, 0.6) is 0 Å². The third-order valence-corrected chi connectivity index (χ3v) is 2.21. The van der Waals surface area contributed by atoms with Crippen LogP contribution in [0, 0.1) is 0 Å². The molecule has 0 bridgehead atoms. The van der Waals surface area contributed by atoms with Crippen molar-refractivity contribution in [3.8, 4) is 0 Å². The van der Waals surface area contributed by atoms with Gasteiger partial charge in [0.2, 0.25) is 0 Å². The predicted octanol–water partition coefficient (Wildman–Crippen LogP) is 2.50. The molecule has 2 heteroatoms. The van der Waals surface area contributed by atoms with Crippen molar-refractivity contribution in [1.29, 1.82) is 0 Å². The van der Waals surface area contributed by atoms with Gasteiger partial charge in [0.25, 0.3) is 0 Å². The summed E-state index contributed by atoms with van der Waals surface area (Å²) in [7, 11) is 0. The highest BCUT2D eigenvalue weighted by atomic mass is 15.2. The monoisotopic (exact) mass is 178 g/mol. The van der Waals surface area contributed by atoms with Crippen LogP contribution in [0.2, 0.25) is 0 Å². The van der Waals surface area contributed by atoms with Gasteiger partial charge in [-0.05, 0) is 32.9 Å². The van der Waals surface area contributed by atoms with Crippen LogP contribution in [0.1, 0.15) is 20.8 Å². The molecular weight excluding hydrogens is 160 g/mol. The van der Waals surface area contributed by atoms with Crippen molar-refractivity contribution in [1.82, 2.24) is 0 Å². The number of nitrogen functional groups attached to an aromatic ring is 1. The van der Waals surface area contributed by atoms with E-state index in [0.29, 0.717) is 6.04 Å². The van der Waals surface area contributed by atoms with Gasteiger partial charge in [-0.25, -0.2) is 0 Å². The van der Waals surface area contributed by atoms with E-state index in [9.17, 15) is 0 Å². The SMILES string of the molecule is CCN(c1ccccc1N)C(C)C. The highest BCUT2D eigenvalue weighted by Crippen LogP contribution is 2.23. The number of hydrogen-bond donors (Lipinski definition) is 1. The molecule has 0 fully saturated rings. The van der Waals surface area contributed by atoms with Crippen LogP contribution in [-0.2, 0) is 0 Å². The molecule has 2 N–H and O–H groups in total. The van der Waals surface area contributed by atoms with Gasteiger partial charge >= 0.3 is 0 Å². The first kappa shape index (κ1) is 9.90. The fraction of sp³-hybridized carbons (Fsp3) is 0.455. The second kappa shape index (κ2) is 4.17. The van der Waals surface area contributed by atoms with Crippen LogP contribution in [0.3, 0.4) is 0 Å². The second-order valence-corrected chi connectivity index (χ2v) is 3.44. The van der Waals surface area contributed by atoms with Gasteiger partial charge in [0.05, 0.1) is 11.4 Å². The Morgan fingerprint density at radius 2 is 1.92 bits per heavy atom. The molecule has 13 heavy (non-hydrogen) atoms. The van der Waals surface area contributed by atoms with Gasteiger partial charge in [-0.2, -0.15) is 0 Å². The zero-order valence-electron chi connectivity index (χ0n) is 8.62. The molecular formula is C11H18N2. The number of nitrogens with zero attached hydrogens (tertiary/aromatic N) is 1. The van der Waals surface area contributed by atoms with Gasteiger partial charge in [0.15, 0.2) is 0 Å². The lowest BCUT2D eigenvalue weighted by Gasteiger charge is -2.28. The van der Waals surface area contributed by atoms with Crippen LogP contribution < -0.4 is 10.6 Å². The van der Waals surface area contributed by atoms with Crippen molar-refractivity contribution in [3.05, 3.63) is 24.3 Å². The Balaban J connectivity index is 2.97. The van der Waals surface area contributed by atoms with Gasteiger partial charge in [-0.15, -0.1) is 0 Å². The van der Waals surface area contributed by atoms with Gasteiger partial charge in [-0.3, -0.25) is 0 Å². The summed E-state index contributed by atoms with van der Waals surface area (Å²) < 4.78 is 0. The maximum Gasteiger partial charge on any atom is 0.0602 e. The van der Waals surface area contributed by atoms with Gasteiger partial charge in [0, 0.05) is 12.6 Å². The molecule has 0 amide bonds. The highest BCUT2D eigenvalue weighted by Gasteiger charge is 2.09. The average Bonchev–Trinajstić information content (AvgIpc) is 2.09. The molecule has 2 nitrogen and oxygen atoms in total. The number of rotatable bonds is 3. The van der Waals surface area contributed by atoms with Gasteiger partial charge in [-0.1, -0.05) is 12.1 Å². The lowest BCUT2D eigenvalue weighted by atomic mass is 10.2. The van der Waals surface area contributed by atoms with Crippen molar-refractivity contribution in [2.75, 3.05) is 17.2 Å². The maximum absolute atomic E-state index is 5.89. The third-order valence-electron chi connectivity index (χ3n) is 2.21.